The van der Waals surface area contributed by atoms with E-state index in [1.165, 1.54) is 6.07 Å². The summed E-state index contributed by atoms with van der Waals surface area (Å²) in [6, 6.07) is 22.3. The van der Waals surface area contributed by atoms with Crippen LogP contribution in [-0.4, -0.2) is 29.0 Å². The fourth-order valence-electron chi connectivity index (χ4n) is 4.44. The van der Waals surface area contributed by atoms with Crippen LogP contribution in [0, 0.1) is 5.82 Å². The zero-order chi connectivity index (χ0) is 23.5. The molecule has 1 fully saturated rings. The summed E-state index contributed by atoms with van der Waals surface area (Å²) in [6.07, 6.45) is -0.0625. The summed E-state index contributed by atoms with van der Waals surface area (Å²) in [5, 5.41) is 20.6. The Balaban J connectivity index is 1.24. The second-order valence-electron chi connectivity index (χ2n) is 8.77. The molecule has 6 heteroatoms. The van der Waals surface area contributed by atoms with Gasteiger partial charge in [-0.1, -0.05) is 36.4 Å². The number of rotatable bonds is 7. The van der Waals surface area contributed by atoms with E-state index >= 15 is 0 Å². The summed E-state index contributed by atoms with van der Waals surface area (Å²) in [5.74, 6) is 1.17. The topological polar surface area (TPSA) is 72.1 Å². The Bertz CT molecular complexity index is 1220. The van der Waals surface area contributed by atoms with Crippen LogP contribution in [0.2, 0.25) is 0 Å². The average molecular weight is 463 g/mol. The molecular weight excluding hydrogens is 435 g/mol. The van der Waals surface area contributed by atoms with Gasteiger partial charge in [0.2, 0.25) is 0 Å². The van der Waals surface area contributed by atoms with Crippen LogP contribution in [-0.2, 0) is 17.8 Å². The van der Waals surface area contributed by atoms with E-state index < -0.39 is 12.2 Å². The van der Waals surface area contributed by atoms with Crippen LogP contribution in [0.15, 0.2) is 77.2 Å². The first-order chi connectivity index (χ1) is 16.6. The molecule has 0 bridgehead atoms. The molecule has 176 valence electrons. The van der Waals surface area contributed by atoms with Crippen molar-refractivity contribution in [2.75, 3.05) is 6.61 Å². The van der Waals surface area contributed by atoms with Crippen molar-refractivity contribution in [1.82, 2.24) is 0 Å². The van der Waals surface area contributed by atoms with Gasteiger partial charge in [0.15, 0.2) is 0 Å². The van der Waals surface area contributed by atoms with Crippen LogP contribution in [0.5, 0.6) is 5.75 Å². The van der Waals surface area contributed by atoms with Crippen molar-refractivity contribution in [3.63, 3.8) is 0 Å². The van der Waals surface area contributed by atoms with Crippen molar-refractivity contribution in [2.24, 2.45) is 0 Å². The van der Waals surface area contributed by atoms with E-state index in [9.17, 15) is 14.6 Å². The molecule has 2 heterocycles. The first-order valence-electron chi connectivity index (χ1n) is 11.5. The van der Waals surface area contributed by atoms with Gasteiger partial charge in [-0.15, -0.1) is 0 Å². The van der Waals surface area contributed by atoms with Gasteiger partial charge in [-0.2, -0.15) is 0 Å². The summed E-state index contributed by atoms with van der Waals surface area (Å²) >= 11 is 0. The molecule has 3 atom stereocenters. The van der Waals surface area contributed by atoms with E-state index in [2.05, 4.69) is 0 Å². The molecule has 1 aliphatic rings. The predicted octanol–water partition coefficient (Wildman–Crippen LogP) is 5.32. The molecule has 1 aromatic heterocycles. The zero-order valence-electron chi connectivity index (χ0n) is 18.7. The van der Waals surface area contributed by atoms with Crippen molar-refractivity contribution in [3.05, 3.63) is 101 Å². The Hall–Kier alpha value is -3.19. The first kappa shape index (κ1) is 22.6. The molecule has 2 N–H and O–H groups in total. The normalized spacial score (nSPS) is 20.5. The number of ether oxygens (including phenoxy) is 2. The smallest absolute Gasteiger partial charge is 0.146 e. The molecule has 4 aromatic rings. The molecule has 3 unspecified atom stereocenters. The summed E-state index contributed by atoms with van der Waals surface area (Å²) < 4.78 is 32.1. The van der Waals surface area contributed by atoms with Crippen LogP contribution < -0.4 is 4.74 Å². The number of furan rings is 1. The largest absolute Gasteiger partial charge is 0.486 e. The highest BCUT2D eigenvalue weighted by Crippen LogP contribution is 2.33. The lowest BCUT2D eigenvalue weighted by Gasteiger charge is -2.32. The fraction of sp³-hybridized carbons (Fsp3) is 0.286. The van der Waals surface area contributed by atoms with Crippen molar-refractivity contribution in [1.29, 1.82) is 0 Å². The molecule has 0 saturated carbocycles. The number of hydrogen-bond acceptors (Lipinski definition) is 5. The summed E-state index contributed by atoms with van der Waals surface area (Å²) in [5.41, 5.74) is 3.14. The Labute approximate surface area is 197 Å². The van der Waals surface area contributed by atoms with Gasteiger partial charge in [0.1, 0.15) is 29.5 Å². The highest BCUT2D eigenvalue weighted by atomic mass is 19.1. The lowest BCUT2D eigenvalue weighted by Crippen LogP contribution is -2.33. The van der Waals surface area contributed by atoms with E-state index in [0.29, 0.717) is 37.2 Å². The molecule has 0 radical (unpaired) electrons. The van der Waals surface area contributed by atoms with Gasteiger partial charge in [0, 0.05) is 24.6 Å². The molecule has 34 heavy (non-hydrogen) atoms. The van der Waals surface area contributed by atoms with Gasteiger partial charge in [0.25, 0.3) is 0 Å². The van der Waals surface area contributed by atoms with Crippen molar-refractivity contribution in [2.45, 2.75) is 44.2 Å². The van der Waals surface area contributed by atoms with Crippen LogP contribution in [0.3, 0.4) is 0 Å². The third-order valence-electron chi connectivity index (χ3n) is 6.20. The number of fused-ring (bicyclic) bond motifs is 1. The number of halogens is 1. The second kappa shape index (κ2) is 9.97. The number of para-hydroxylation sites is 1. The molecule has 1 saturated heterocycles. The minimum atomic E-state index is -0.545. The van der Waals surface area contributed by atoms with Gasteiger partial charge in [-0.3, -0.25) is 0 Å². The molecule has 5 nitrogen and oxygen atoms in total. The summed E-state index contributed by atoms with van der Waals surface area (Å²) in [7, 11) is 0. The van der Waals surface area contributed by atoms with E-state index in [4.69, 9.17) is 13.9 Å². The fourth-order valence-corrected chi connectivity index (χ4v) is 4.44. The van der Waals surface area contributed by atoms with E-state index in [1.54, 1.807) is 12.1 Å². The average Bonchev–Trinajstić information content (AvgIpc) is 3.27. The van der Waals surface area contributed by atoms with Crippen LogP contribution in [0.25, 0.3) is 11.0 Å². The second-order valence-corrected chi connectivity index (χ2v) is 8.77. The summed E-state index contributed by atoms with van der Waals surface area (Å²) in [6.45, 7) is 0.180. The van der Waals surface area contributed by atoms with Crippen molar-refractivity contribution in [3.8, 4) is 5.75 Å². The third-order valence-corrected chi connectivity index (χ3v) is 6.20. The van der Waals surface area contributed by atoms with Crippen molar-refractivity contribution >= 4 is 11.0 Å². The minimum Gasteiger partial charge on any atom is -0.486 e. The maximum absolute atomic E-state index is 14.6. The SMILES string of the molecule is OCC1CC(O)CC(c2ccc(F)c(Cc3ccc(OCc4cc5ccccc5o4)cc3)c2)O1. The Kier molecular flexibility index (Phi) is 6.63. The highest BCUT2D eigenvalue weighted by Gasteiger charge is 2.29. The molecular formula is C28H27FO5. The Morgan fingerprint density at radius 3 is 2.59 bits per heavy atom. The monoisotopic (exact) mass is 462 g/mol. The van der Waals surface area contributed by atoms with Crippen LogP contribution in [0.1, 0.15) is 41.4 Å². The van der Waals surface area contributed by atoms with Gasteiger partial charge >= 0.3 is 0 Å². The number of benzene rings is 3. The maximum atomic E-state index is 14.6. The van der Waals surface area contributed by atoms with E-state index in [-0.39, 0.29) is 18.5 Å². The summed E-state index contributed by atoms with van der Waals surface area (Å²) in [4.78, 5) is 0. The van der Waals surface area contributed by atoms with Crippen molar-refractivity contribution < 1.29 is 28.5 Å². The van der Waals surface area contributed by atoms with Gasteiger partial charge in [0.05, 0.1) is 24.9 Å². The predicted molar refractivity (Wildman–Crippen MR) is 126 cm³/mol. The molecule has 5 rings (SSSR count). The molecule has 0 aliphatic carbocycles. The van der Waals surface area contributed by atoms with Gasteiger partial charge < -0.3 is 24.1 Å². The number of aliphatic hydroxyl groups excluding tert-OH is 2. The van der Waals surface area contributed by atoms with E-state index in [1.807, 2.05) is 54.6 Å². The zero-order valence-corrected chi connectivity index (χ0v) is 18.7. The number of aliphatic hydroxyl groups is 2. The first-order valence-corrected chi connectivity index (χ1v) is 11.5. The molecule has 1 aliphatic heterocycles. The van der Waals surface area contributed by atoms with Crippen LogP contribution in [0.4, 0.5) is 4.39 Å². The standard InChI is InChI=1S/C28H27FO5/c29-26-10-7-20(28-15-22(31)14-24(16-30)33-28)12-21(26)11-18-5-8-23(9-6-18)32-17-25-13-19-3-1-2-4-27(19)34-25/h1-10,12-13,22,24,28,30-31H,11,14-17H2. The van der Waals surface area contributed by atoms with Gasteiger partial charge in [-0.05, 0) is 53.1 Å². The minimum absolute atomic E-state index is 0.146. The molecule has 3 aromatic carbocycles. The Morgan fingerprint density at radius 2 is 1.79 bits per heavy atom. The molecule has 0 amide bonds. The lowest BCUT2D eigenvalue weighted by molar-refractivity contribution is -0.113. The number of hydrogen-bond donors (Lipinski definition) is 2. The van der Waals surface area contributed by atoms with E-state index in [0.717, 1.165) is 27.9 Å². The quantitative estimate of drug-likeness (QED) is 0.389. The Morgan fingerprint density at radius 1 is 0.971 bits per heavy atom. The third kappa shape index (κ3) is 5.14. The van der Waals surface area contributed by atoms with Crippen LogP contribution >= 0.6 is 0 Å². The van der Waals surface area contributed by atoms with Gasteiger partial charge in [-0.25, -0.2) is 4.39 Å². The maximum Gasteiger partial charge on any atom is 0.146 e. The highest BCUT2D eigenvalue weighted by molar-refractivity contribution is 5.77. The molecule has 0 spiro atoms. The lowest BCUT2D eigenvalue weighted by atomic mass is 9.94.